The number of likely N-dealkylation sites (tertiary alicyclic amines) is 1. The molecule has 2 rings (SSSR count). The molecule has 1 aliphatic rings. The van der Waals surface area contributed by atoms with Crippen molar-refractivity contribution < 1.29 is 26.0 Å². The van der Waals surface area contributed by atoms with E-state index >= 15 is 0 Å². The molecule has 1 heterocycles. The van der Waals surface area contributed by atoms with Crippen LogP contribution in [0.4, 0.5) is 0 Å². The molecule has 0 amide bonds. The van der Waals surface area contributed by atoms with Gasteiger partial charge in [-0.25, -0.2) is 0 Å². The summed E-state index contributed by atoms with van der Waals surface area (Å²) in [5, 5.41) is 13.3. The van der Waals surface area contributed by atoms with Crippen molar-refractivity contribution in [1.29, 1.82) is 0 Å². The van der Waals surface area contributed by atoms with Crippen molar-refractivity contribution in [2.24, 2.45) is 0 Å². The van der Waals surface area contributed by atoms with Crippen LogP contribution in [0.1, 0.15) is 18.4 Å². The standard InChI is InChI=1S/C16H21N3O2.W/c20-19(21)13-10-17-16-8-4-11-18(12-5-9-16)14-15-6-2-1-3-7-15;/h1-7,10,13,16-17H,8-9,11-12,14H2;/q-2;+2/b13-10-;. The van der Waals surface area contributed by atoms with Gasteiger partial charge in [-0.1, -0.05) is 30.3 Å². The number of benzene rings is 1. The second kappa shape index (κ2) is 10.5. The Balaban J connectivity index is 0.00000242. The van der Waals surface area contributed by atoms with Gasteiger partial charge in [-0.05, 0) is 11.6 Å². The Hall–Kier alpha value is -1.19. The molecule has 22 heavy (non-hydrogen) atoms. The minimum Gasteiger partial charge on any atom is -0.388 e. The van der Waals surface area contributed by atoms with E-state index in [4.69, 9.17) is 0 Å². The van der Waals surface area contributed by atoms with Gasteiger partial charge in [0.1, 0.15) is 0 Å². The predicted octanol–water partition coefficient (Wildman–Crippen LogP) is 2.39. The summed E-state index contributed by atoms with van der Waals surface area (Å²) in [6.07, 6.45) is 8.67. The van der Waals surface area contributed by atoms with Crippen LogP contribution in [0.3, 0.4) is 0 Å². The summed E-state index contributed by atoms with van der Waals surface area (Å²) >= 11 is 0. The van der Waals surface area contributed by atoms with E-state index in [-0.39, 0.29) is 27.1 Å². The van der Waals surface area contributed by atoms with Crippen molar-refractivity contribution >= 4 is 0 Å². The number of rotatable bonds is 5. The van der Waals surface area contributed by atoms with Gasteiger partial charge < -0.3 is 23.1 Å². The normalized spacial score (nSPS) is 17.5. The topological polar surface area (TPSA) is 58.4 Å². The Bertz CT molecular complexity index is 458. The average molecular weight is 471 g/mol. The maximum atomic E-state index is 10.2. The molecule has 1 N–H and O–H groups in total. The first kappa shape index (κ1) is 18.9. The molecule has 1 aromatic carbocycles. The van der Waals surface area contributed by atoms with E-state index in [9.17, 15) is 10.1 Å². The molecule has 1 fully saturated rings. The van der Waals surface area contributed by atoms with Crippen LogP contribution in [0.25, 0.3) is 0 Å². The Morgan fingerprint density at radius 2 is 1.91 bits per heavy atom. The monoisotopic (exact) mass is 471 g/mol. The summed E-state index contributed by atoms with van der Waals surface area (Å²) in [6.45, 7) is 2.82. The minimum absolute atomic E-state index is 0. The second-order valence-electron chi connectivity index (χ2n) is 5.19. The van der Waals surface area contributed by atoms with Gasteiger partial charge in [0.15, 0.2) is 0 Å². The van der Waals surface area contributed by atoms with Gasteiger partial charge in [-0.2, -0.15) is 12.8 Å². The summed E-state index contributed by atoms with van der Waals surface area (Å²) in [6, 6.07) is 10.7. The first-order valence-electron chi connectivity index (χ1n) is 7.20. The van der Waals surface area contributed by atoms with Crippen LogP contribution in [0.15, 0.2) is 42.7 Å². The second-order valence-corrected chi connectivity index (χ2v) is 5.19. The van der Waals surface area contributed by atoms with Gasteiger partial charge in [0.25, 0.3) is 0 Å². The van der Waals surface area contributed by atoms with E-state index < -0.39 is 4.92 Å². The molecule has 0 bridgehead atoms. The van der Waals surface area contributed by atoms with E-state index in [1.807, 2.05) is 6.07 Å². The molecule has 0 unspecified atom stereocenters. The van der Waals surface area contributed by atoms with Crippen LogP contribution >= 0.6 is 0 Å². The van der Waals surface area contributed by atoms with Crippen molar-refractivity contribution in [3.8, 4) is 0 Å². The number of nitrogens with zero attached hydrogens (tertiary/aromatic N) is 2. The summed E-state index contributed by atoms with van der Waals surface area (Å²) in [4.78, 5) is 12.2. The minimum atomic E-state index is -0.453. The average Bonchev–Trinajstić information content (AvgIpc) is 2.44. The molecule has 118 valence electrons. The molecule has 6 heteroatoms. The van der Waals surface area contributed by atoms with Crippen molar-refractivity contribution in [2.45, 2.75) is 25.4 Å². The third-order valence-electron chi connectivity index (χ3n) is 3.45. The first-order valence-corrected chi connectivity index (χ1v) is 7.20. The fraction of sp³-hybridized carbons (Fsp3) is 0.375. The molecule has 1 aliphatic heterocycles. The van der Waals surface area contributed by atoms with Gasteiger partial charge in [0, 0.05) is 6.54 Å². The summed E-state index contributed by atoms with van der Waals surface area (Å²) in [7, 11) is 0. The van der Waals surface area contributed by atoms with Crippen LogP contribution < -0.4 is 5.32 Å². The van der Waals surface area contributed by atoms with E-state index in [1.54, 1.807) is 0 Å². The molecule has 1 saturated heterocycles. The van der Waals surface area contributed by atoms with Crippen LogP contribution in [-0.2, 0) is 27.6 Å². The molecule has 0 spiro atoms. The van der Waals surface area contributed by atoms with Crippen LogP contribution in [-0.4, -0.2) is 29.0 Å². The number of hydrogen-bond acceptors (Lipinski definition) is 4. The van der Waals surface area contributed by atoms with Crippen molar-refractivity contribution in [2.75, 3.05) is 13.1 Å². The van der Waals surface area contributed by atoms with Gasteiger partial charge in [0.05, 0.1) is 11.1 Å². The van der Waals surface area contributed by atoms with E-state index in [0.29, 0.717) is 0 Å². The van der Waals surface area contributed by atoms with Crippen LogP contribution in [0.5, 0.6) is 0 Å². The maximum absolute atomic E-state index is 10.2. The number of nitro groups is 1. The largest absolute Gasteiger partial charge is 2.00 e. The van der Waals surface area contributed by atoms with Gasteiger partial charge in [-0.15, -0.1) is 13.1 Å². The zero-order valence-corrected chi connectivity index (χ0v) is 15.4. The van der Waals surface area contributed by atoms with Crippen molar-refractivity contribution in [3.05, 3.63) is 71.3 Å². The molecule has 1 aromatic rings. The quantitative estimate of drug-likeness (QED) is 0.407. The van der Waals surface area contributed by atoms with E-state index in [2.05, 4.69) is 47.3 Å². The van der Waals surface area contributed by atoms with E-state index in [0.717, 1.165) is 38.7 Å². The fourth-order valence-corrected chi connectivity index (χ4v) is 2.43. The molecule has 5 nitrogen and oxygen atoms in total. The maximum Gasteiger partial charge on any atom is 2.00 e. The molecule has 0 saturated carbocycles. The molecular weight excluding hydrogens is 450 g/mol. The van der Waals surface area contributed by atoms with Gasteiger partial charge in [-0.3, -0.25) is 10.1 Å². The van der Waals surface area contributed by atoms with Crippen molar-refractivity contribution in [3.63, 3.8) is 0 Å². The smallest absolute Gasteiger partial charge is 0.388 e. The fourth-order valence-electron chi connectivity index (χ4n) is 2.43. The van der Waals surface area contributed by atoms with E-state index in [1.165, 1.54) is 11.8 Å². The molecule has 0 aromatic heterocycles. The molecule has 0 radical (unpaired) electrons. The third-order valence-corrected chi connectivity index (χ3v) is 3.45. The summed E-state index contributed by atoms with van der Waals surface area (Å²) in [5.41, 5.74) is 1.32. The zero-order chi connectivity index (χ0) is 14.9. The Morgan fingerprint density at radius 1 is 1.27 bits per heavy atom. The Labute approximate surface area is 146 Å². The molecule has 0 atom stereocenters. The van der Waals surface area contributed by atoms with Crippen LogP contribution in [0.2, 0.25) is 0 Å². The summed E-state index contributed by atoms with van der Waals surface area (Å²) in [5.74, 6) is 0. The predicted molar refractivity (Wildman–Crippen MR) is 82.6 cm³/mol. The number of nitrogens with one attached hydrogen (secondary N) is 1. The molecular formula is C16H21N3O2W. The summed E-state index contributed by atoms with van der Waals surface area (Å²) < 4.78 is 0. The molecule has 0 aliphatic carbocycles. The van der Waals surface area contributed by atoms with Gasteiger partial charge in [0.2, 0.25) is 6.20 Å². The van der Waals surface area contributed by atoms with Crippen LogP contribution in [0, 0.1) is 23.0 Å². The Morgan fingerprint density at radius 3 is 2.50 bits per heavy atom. The SMILES string of the molecule is O=[N+]([O-])/C=C\NC1C[CH-]CN(Cc2ccccc2)C[CH-]C1.[W+2]. The Kier molecular flexibility index (Phi) is 9.02. The zero-order valence-electron chi connectivity index (χ0n) is 12.4. The first-order chi connectivity index (χ1) is 10.2. The van der Waals surface area contributed by atoms with Gasteiger partial charge >= 0.3 is 21.1 Å². The number of hydrogen-bond donors (Lipinski definition) is 1. The van der Waals surface area contributed by atoms with Crippen molar-refractivity contribution in [1.82, 2.24) is 10.2 Å². The third kappa shape index (κ3) is 7.19.